The van der Waals surface area contributed by atoms with Crippen molar-refractivity contribution in [1.29, 1.82) is 0 Å². The monoisotopic (exact) mass is 561 g/mol. The highest BCUT2D eigenvalue weighted by Gasteiger charge is 2.10. The van der Waals surface area contributed by atoms with Crippen LogP contribution in [-0.4, -0.2) is 28.6 Å². The molecule has 38 heavy (non-hydrogen) atoms. The summed E-state index contributed by atoms with van der Waals surface area (Å²) in [5.74, 6) is 0.941. The third-order valence-corrected chi connectivity index (χ3v) is 7.90. The molecule has 4 aromatic carbocycles. The summed E-state index contributed by atoms with van der Waals surface area (Å²) in [4.78, 5) is 21.1. The normalized spacial score (nSPS) is 12.2. The fraction of sp³-hybridized carbons (Fsp3) is 0.161. The number of benzene rings is 4. The standard InChI is InChI=1S/C31H28ClNO3S2/c1-22(34)36-33-30(8-5-21-37-27-19-13-26(32)14-20-27)23-9-15-28(16-10-23)38-29-17-11-25(12-18-29)31(35)24-6-3-2-4-7-24/h2-4,6-7,9-20,22,34H,5,8,21H2,1H3. The number of aliphatic hydroxyl groups is 1. The van der Waals surface area contributed by atoms with Gasteiger partial charge in [0, 0.05) is 37.8 Å². The largest absolute Gasteiger partial charge is 0.364 e. The third kappa shape index (κ3) is 8.50. The van der Waals surface area contributed by atoms with Gasteiger partial charge in [-0.25, -0.2) is 0 Å². The Morgan fingerprint density at radius 1 is 0.816 bits per heavy atom. The van der Waals surface area contributed by atoms with Gasteiger partial charge in [0.1, 0.15) is 0 Å². The summed E-state index contributed by atoms with van der Waals surface area (Å²) in [6, 6.07) is 32.9. The van der Waals surface area contributed by atoms with Crippen molar-refractivity contribution in [1.82, 2.24) is 0 Å². The van der Waals surface area contributed by atoms with E-state index in [1.807, 2.05) is 103 Å². The second kappa shape index (κ2) is 14.2. The molecule has 4 nitrogen and oxygen atoms in total. The number of carbonyl (C=O) groups is 1. The number of oxime groups is 1. The molecule has 4 rings (SSSR count). The minimum Gasteiger partial charge on any atom is -0.364 e. The van der Waals surface area contributed by atoms with E-state index in [4.69, 9.17) is 16.4 Å². The van der Waals surface area contributed by atoms with Gasteiger partial charge in [-0.05, 0) is 84.8 Å². The first kappa shape index (κ1) is 28.0. The van der Waals surface area contributed by atoms with E-state index in [9.17, 15) is 9.90 Å². The lowest BCUT2D eigenvalue weighted by atomic mass is 10.0. The molecule has 4 aromatic rings. The van der Waals surface area contributed by atoms with E-state index in [1.54, 1.807) is 23.5 Å². The van der Waals surface area contributed by atoms with Crippen molar-refractivity contribution in [2.24, 2.45) is 5.16 Å². The van der Waals surface area contributed by atoms with E-state index >= 15 is 0 Å². The van der Waals surface area contributed by atoms with E-state index < -0.39 is 6.29 Å². The summed E-state index contributed by atoms with van der Waals surface area (Å²) >= 11 is 9.36. The molecule has 0 bridgehead atoms. The van der Waals surface area contributed by atoms with Crippen LogP contribution in [0.3, 0.4) is 0 Å². The smallest absolute Gasteiger partial charge is 0.221 e. The van der Waals surface area contributed by atoms with Crippen molar-refractivity contribution in [2.75, 3.05) is 5.75 Å². The maximum absolute atomic E-state index is 12.6. The van der Waals surface area contributed by atoms with E-state index in [0.717, 1.165) is 44.7 Å². The van der Waals surface area contributed by atoms with Crippen LogP contribution in [0, 0.1) is 0 Å². The quantitative estimate of drug-likeness (QED) is 0.0470. The Bertz CT molecular complexity index is 1340. The molecule has 0 heterocycles. The van der Waals surface area contributed by atoms with Crippen LogP contribution < -0.4 is 0 Å². The van der Waals surface area contributed by atoms with Crippen molar-refractivity contribution in [3.05, 3.63) is 125 Å². The van der Waals surface area contributed by atoms with Crippen LogP contribution in [0.4, 0.5) is 0 Å². The van der Waals surface area contributed by atoms with E-state index in [1.165, 1.54) is 11.8 Å². The van der Waals surface area contributed by atoms with Gasteiger partial charge in [0.05, 0.1) is 5.71 Å². The molecular formula is C31H28ClNO3S2. The van der Waals surface area contributed by atoms with Crippen molar-refractivity contribution in [3.8, 4) is 0 Å². The lowest BCUT2D eigenvalue weighted by Gasteiger charge is -2.10. The summed E-state index contributed by atoms with van der Waals surface area (Å²) < 4.78 is 0. The van der Waals surface area contributed by atoms with Gasteiger partial charge in [-0.2, -0.15) is 0 Å². The highest BCUT2D eigenvalue weighted by Crippen LogP contribution is 2.29. The third-order valence-electron chi connectivity index (χ3n) is 5.53. The number of halogens is 1. The number of aliphatic hydroxyl groups excluding tert-OH is 1. The van der Waals surface area contributed by atoms with Gasteiger partial charge in [-0.15, -0.1) is 11.8 Å². The second-order valence-electron chi connectivity index (χ2n) is 8.49. The van der Waals surface area contributed by atoms with Crippen LogP contribution in [0.5, 0.6) is 0 Å². The molecule has 1 unspecified atom stereocenters. The van der Waals surface area contributed by atoms with Gasteiger partial charge in [-0.1, -0.05) is 71.0 Å². The lowest BCUT2D eigenvalue weighted by Crippen LogP contribution is -2.07. The molecule has 0 radical (unpaired) electrons. The van der Waals surface area contributed by atoms with E-state index in [0.29, 0.717) is 11.1 Å². The highest BCUT2D eigenvalue weighted by molar-refractivity contribution is 7.99. The highest BCUT2D eigenvalue weighted by atomic mass is 35.5. The van der Waals surface area contributed by atoms with Crippen LogP contribution >= 0.6 is 35.1 Å². The van der Waals surface area contributed by atoms with Gasteiger partial charge in [0.25, 0.3) is 0 Å². The Morgan fingerprint density at radius 3 is 1.97 bits per heavy atom. The Balaban J connectivity index is 1.35. The van der Waals surface area contributed by atoms with Crippen molar-refractivity contribution in [2.45, 2.75) is 40.7 Å². The molecule has 194 valence electrons. The van der Waals surface area contributed by atoms with Crippen LogP contribution in [0.2, 0.25) is 5.02 Å². The maximum atomic E-state index is 12.6. The summed E-state index contributed by atoms with van der Waals surface area (Å²) in [6.07, 6.45) is 0.649. The average molecular weight is 562 g/mol. The van der Waals surface area contributed by atoms with Crippen molar-refractivity contribution >= 4 is 46.6 Å². The SMILES string of the molecule is CC(O)ON=C(CCCSc1ccc(Cl)cc1)c1ccc(Sc2ccc(C(=O)c3ccccc3)cc2)cc1. The van der Waals surface area contributed by atoms with Crippen LogP contribution in [-0.2, 0) is 4.84 Å². The van der Waals surface area contributed by atoms with Gasteiger partial charge < -0.3 is 9.94 Å². The summed E-state index contributed by atoms with van der Waals surface area (Å²) in [7, 11) is 0. The fourth-order valence-corrected chi connectivity index (χ4v) is 5.42. The molecule has 0 aliphatic carbocycles. The first-order valence-corrected chi connectivity index (χ1v) is 14.4. The number of ketones is 1. The van der Waals surface area contributed by atoms with E-state index in [-0.39, 0.29) is 5.78 Å². The fourth-order valence-electron chi connectivity index (χ4n) is 3.63. The van der Waals surface area contributed by atoms with Gasteiger partial charge in [0.2, 0.25) is 6.29 Å². The molecule has 0 aromatic heterocycles. The molecule has 1 N–H and O–H groups in total. The minimum atomic E-state index is -0.972. The molecule has 0 spiro atoms. The predicted octanol–water partition coefficient (Wildman–Crippen LogP) is 8.35. The molecule has 0 aliphatic heterocycles. The van der Waals surface area contributed by atoms with E-state index in [2.05, 4.69) is 5.16 Å². The van der Waals surface area contributed by atoms with Crippen LogP contribution in [0.1, 0.15) is 41.3 Å². The first-order chi connectivity index (χ1) is 18.5. The Kier molecular flexibility index (Phi) is 10.5. The average Bonchev–Trinajstić information content (AvgIpc) is 2.94. The number of nitrogens with zero attached hydrogens (tertiary/aromatic N) is 1. The molecule has 0 saturated carbocycles. The summed E-state index contributed by atoms with van der Waals surface area (Å²) in [5, 5.41) is 14.5. The molecule has 0 amide bonds. The number of hydrogen-bond donors (Lipinski definition) is 1. The van der Waals surface area contributed by atoms with Crippen LogP contribution in [0.25, 0.3) is 0 Å². The maximum Gasteiger partial charge on any atom is 0.221 e. The molecular weight excluding hydrogens is 534 g/mol. The lowest BCUT2D eigenvalue weighted by molar-refractivity contribution is -0.0838. The zero-order chi connectivity index (χ0) is 26.7. The second-order valence-corrected chi connectivity index (χ2v) is 11.2. The van der Waals surface area contributed by atoms with Gasteiger partial charge in [-0.3, -0.25) is 4.79 Å². The molecule has 0 aliphatic rings. The zero-order valence-corrected chi connectivity index (χ0v) is 23.3. The topological polar surface area (TPSA) is 58.9 Å². The summed E-state index contributed by atoms with van der Waals surface area (Å²) in [5.41, 5.74) is 3.10. The number of hydrogen-bond acceptors (Lipinski definition) is 6. The Hall–Kier alpha value is -3.03. The zero-order valence-electron chi connectivity index (χ0n) is 20.9. The number of rotatable bonds is 12. The van der Waals surface area contributed by atoms with Gasteiger partial charge >= 0.3 is 0 Å². The molecule has 0 fully saturated rings. The number of carbonyl (C=O) groups excluding carboxylic acids is 1. The molecule has 0 saturated heterocycles. The number of thioether (sulfide) groups is 1. The molecule has 1 atom stereocenters. The predicted molar refractivity (Wildman–Crippen MR) is 158 cm³/mol. The first-order valence-electron chi connectivity index (χ1n) is 12.2. The molecule has 7 heteroatoms. The van der Waals surface area contributed by atoms with Gasteiger partial charge in [0.15, 0.2) is 5.78 Å². The van der Waals surface area contributed by atoms with Crippen molar-refractivity contribution in [3.63, 3.8) is 0 Å². The van der Waals surface area contributed by atoms with Crippen LogP contribution in [0.15, 0.2) is 123 Å². The Labute approximate surface area is 237 Å². The Morgan fingerprint density at radius 2 is 1.37 bits per heavy atom. The summed E-state index contributed by atoms with van der Waals surface area (Å²) in [6.45, 7) is 1.54. The van der Waals surface area contributed by atoms with Crippen molar-refractivity contribution < 1.29 is 14.7 Å². The minimum absolute atomic E-state index is 0.0179.